The summed E-state index contributed by atoms with van der Waals surface area (Å²) >= 11 is 7.33. The minimum absolute atomic E-state index is 0.187. The van der Waals surface area contributed by atoms with Crippen molar-refractivity contribution in [2.45, 2.75) is 18.9 Å². The third kappa shape index (κ3) is 3.00. The van der Waals surface area contributed by atoms with E-state index >= 15 is 0 Å². The molecule has 2 N–H and O–H groups in total. The van der Waals surface area contributed by atoms with Crippen LogP contribution in [-0.4, -0.2) is 17.4 Å². The Bertz CT molecular complexity index is 622. The van der Waals surface area contributed by atoms with Gasteiger partial charge in [0.25, 0.3) is 5.91 Å². The molecule has 2 heterocycles. The van der Waals surface area contributed by atoms with Gasteiger partial charge in [-0.15, -0.1) is 11.3 Å². The predicted octanol–water partition coefficient (Wildman–Crippen LogP) is 3.47. The second-order valence-corrected chi connectivity index (χ2v) is 5.99. The number of hydrogen-bond donors (Lipinski definition) is 2. The Hall–Kier alpha value is -1.43. The molecule has 6 heteroatoms. The minimum atomic E-state index is -0.187. The molecule has 1 aliphatic heterocycles. The van der Waals surface area contributed by atoms with Crippen molar-refractivity contribution < 1.29 is 4.79 Å². The van der Waals surface area contributed by atoms with E-state index in [4.69, 9.17) is 11.6 Å². The number of halogens is 1. The Morgan fingerprint density at radius 3 is 3.15 bits per heavy atom. The second kappa shape index (κ2) is 5.91. The summed E-state index contributed by atoms with van der Waals surface area (Å²) in [5.74, 6) is -0.187. The van der Waals surface area contributed by atoms with Crippen molar-refractivity contribution in [3.8, 4) is 0 Å². The molecule has 0 saturated carbocycles. The fraction of sp³-hybridized carbons (Fsp3) is 0.286. The highest BCUT2D eigenvalue weighted by Crippen LogP contribution is 2.26. The highest BCUT2D eigenvalue weighted by atomic mass is 35.5. The summed E-state index contributed by atoms with van der Waals surface area (Å²) in [5.41, 5.74) is 1.54. The standard InChI is InChI=1S/C14H14ClN3OS/c15-10-4-1-3-9(7-10)13(19)18-14-17-12(8-20-14)11-5-2-6-16-11/h1,3-4,7-8,11,16H,2,5-6H2,(H,17,18,19)/t11-/m0/s1. The highest BCUT2D eigenvalue weighted by molar-refractivity contribution is 7.14. The van der Waals surface area contributed by atoms with Gasteiger partial charge >= 0.3 is 0 Å². The van der Waals surface area contributed by atoms with E-state index in [0.29, 0.717) is 21.8 Å². The molecule has 4 nitrogen and oxygen atoms in total. The van der Waals surface area contributed by atoms with Gasteiger partial charge in [0.1, 0.15) is 0 Å². The number of nitrogens with one attached hydrogen (secondary N) is 2. The number of aromatic nitrogens is 1. The first-order valence-electron chi connectivity index (χ1n) is 6.48. The molecule has 2 aromatic rings. The quantitative estimate of drug-likeness (QED) is 0.913. The Morgan fingerprint density at radius 1 is 1.50 bits per heavy atom. The SMILES string of the molecule is O=C(Nc1nc([C@@H]2CCCN2)cs1)c1cccc(Cl)c1. The van der Waals surface area contributed by atoms with Crippen molar-refractivity contribution in [1.82, 2.24) is 10.3 Å². The van der Waals surface area contributed by atoms with Crippen LogP contribution in [0.3, 0.4) is 0 Å². The van der Waals surface area contributed by atoms with E-state index in [-0.39, 0.29) is 5.91 Å². The molecule has 104 valence electrons. The molecule has 20 heavy (non-hydrogen) atoms. The first kappa shape index (κ1) is 13.5. The van der Waals surface area contributed by atoms with Crippen molar-refractivity contribution in [1.29, 1.82) is 0 Å². The van der Waals surface area contributed by atoms with Crippen LogP contribution in [0.4, 0.5) is 5.13 Å². The maximum atomic E-state index is 12.1. The van der Waals surface area contributed by atoms with E-state index in [1.807, 2.05) is 5.38 Å². The predicted molar refractivity (Wildman–Crippen MR) is 81.5 cm³/mol. The maximum absolute atomic E-state index is 12.1. The van der Waals surface area contributed by atoms with Crippen molar-refractivity contribution in [3.63, 3.8) is 0 Å². The van der Waals surface area contributed by atoms with Gasteiger partial charge in [0.15, 0.2) is 5.13 Å². The van der Waals surface area contributed by atoms with Crippen LogP contribution in [0.2, 0.25) is 5.02 Å². The smallest absolute Gasteiger partial charge is 0.257 e. The van der Waals surface area contributed by atoms with Gasteiger partial charge < -0.3 is 5.32 Å². The van der Waals surface area contributed by atoms with Gasteiger partial charge in [0.2, 0.25) is 0 Å². The van der Waals surface area contributed by atoms with Crippen LogP contribution in [0.5, 0.6) is 0 Å². The monoisotopic (exact) mass is 307 g/mol. The van der Waals surface area contributed by atoms with Crippen LogP contribution in [-0.2, 0) is 0 Å². The molecule has 1 fully saturated rings. The minimum Gasteiger partial charge on any atom is -0.309 e. The Kier molecular flexibility index (Phi) is 4.00. The molecular formula is C14H14ClN3OS. The molecule has 0 aliphatic carbocycles. The van der Waals surface area contributed by atoms with E-state index < -0.39 is 0 Å². The third-order valence-corrected chi connectivity index (χ3v) is 4.26. The average Bonchev–Trinajstić information content (AvgIpc) is 3.08. The molecular weight excluding hydrogens is 294 g/mol. The summed E-state index contributed by atoms with van der Waals surface area (Å²) in [7, 11) is 0. The van der Waals surface area contributed by atoms with Gasteiger partial charge in [-0.1, -0.05) is 17.7 Å². The van der Waals surface area contributed by atoms with Crippen molar-refractivity contribution in [2.24, 2.45) is 0 Å². The zero-order valence-electron chi connectivity index (χ0n) is 10.7. The molecule has 0 unspecified atom stereocenters. The van der Waals surface area contributed by atoms with E-state index in [1.165, 1.54) is 17.8 Å². The molecule has 0 bridgehead atoms. The van der Waals surface area contributed by atoms with Crippen LogP contribution < -0.4 is 10.6 Å². The van der Waals surface area contributed by atoms with Crippen LogP contribution in [0.15, 0.2) is 29.6 Å². The average molecular weight is 308 g/mol. The van der Waals surface area contributed by atoms with E-state index in [2.05, 4.69) is 15.6 Å². The number of thiazole rings is 1. The topological polar surface area (TPSA) is 54.0 Å². The molecule has 1 amide bonds. The number of rotatable bonds is 3. The Balaban J connectivity index is 1.70. The van der Waals surface area contributed by atoms with Gasteiger partial charge in [-0.3, -0.25) is 10.1 Å². The van der Waals surface area contributed by atoms with E-state index in [0.717, 1.165) is 18.7 Å². The molecule has 3 rings (SSSR count). The molecule has 1 aromatic carbocycles. The van der Waals surface area contributed by atoms with Gasteiger partial charge in [-0.25, -0.2) is 4.98 Å². The second-order valence-electron chi connectivity index (χ2n) is 4.69. The summed E-state index contributed by atoms with van der Waals surface area (Å²) in [6, 6.07) is 7.19. The van der Waals surface area contributed by atoms with Crippen LogP contribution >= 0.6 is 22.9 Å². The molecule has 1 atom stereocenters. The summed E-state index contributed by atoms with van der Waals surface area (Å²) in [6.07, 6.45) is 2.28. The summed E-state index contributed by atoms with van der Waals surface area (Å²) in [6.45, 7) is 1.03. The third-order valence-electron chi connectivity index (χ3n) is 3.25. The number of carbonyl (C=O) groups is 1. The summed E-state index contributed by atoms with van der Waals surface area (Å²) in [5, 5.41) is 9.37. The lowest BCUT2D eigenvalue weighted by Crippen LogP contribution is -2.14. The van der Waals surface area contributed by atoms with Crippen LogP contribution in [0, 0.1) is 0 Å². The molecule has 0 radical (unpaired) electrons. The molecule has 0 spiro atoms. The van der Waals surface area contributed by atoms with E-state index in [9.17, 15) is 4.79 Å². The van der Waals surface area contributed by atoms with Crippen molar-refractivity contribution >= 4 is 34.0 Å². The number of carbonyl (C=O) groups excluding carboxylic acids is 1. The number of benzene rings is 1. The molecule has 1 aliphatic rings. The zero-order chi connectivity index (χ0) is 13.9. The first-order valence-corrected chi connectivity index (χ1v) is 7.74. The number of nitrogens with zero attached hydrogens (tertiary/aromatic N) is 1. The number of anilines is 1. The lowest BCUT2D eigenvalue weighted by Gasteiger charge is -2.05. The lowest BCUT2D eigenvalue weighted by molar-refractivity contribution is 0.102. The first-order chi connectivity index (χ1) is 9.72. The van der Waals surface area contributed by atoms with Crippen LogP contribution in [0.25, 0.3) is 0 Å². The van der Waals surface area contributed by atoms with Crippen molar-refractivity contribution in [2.75, 3.05) is 11.9 Å². The molecule has 1 aromatic heterocycles. The Labute approximate surface area is 126 Å². The molecule has 1 saturated heterocycles. The largest absolute Gasteiger partial charge is 0.309 e. The lowest BCUT2D eigenvalue weighted by atomic mass is 10.2. The van der Waals surface area contributed by atoms with E-state index in [1.54, 1.807) is 24.3 Å². The number of amides is 1. The normalized spacial score (nSPS) is 18.1. The Morgan fingerprint density at radius 2 is 2.40 bits per heavy atom. The van der Waals surface area contributed by atoms with Gasteiger partial charge in [-0.05, 0) is 37.6 Å². The maximum Gasteiger partial charge on any atom is 0.257 e. The fourth-order valence-corrected chi connectivity index (χ4v) is 3.19. The summed E-state index contributed by atoms with van der Waals surface area (Å²) < 4.78 is 0. The number of hydrogen-bond acceptors (Lipinski definition) is 4. The van der Waals surface area contributed by atoms with Crippen molar-refractivity contribution in [3.05, 3.63) is 45.9 Å². The van der Waals surface area contributed by atoms with Gasteiger partial charge in [0.05, 0.1) is 11.7 Å². The highest BCUT2D eigenvalue weighted by Gasteiger charge is 2.19. The van der Waals surface area contributed by atoms with Gasteiger partial charge in [-0.2, -0.15) is 0 Å². The van der Waals surface area contributed by atoms with Crippen LogP contribution in [0.1, 0.15) is 34.9 Å². The fourth-order valence-electron chi connectivity index (χ4n) is 2.24. The zero-order valence-corrected chi connectivity index (χ0v) is 12.3. The van der Waals surface area contributed by atoms with Gasteiger partial charge in [0, 0.05) is 16.0 Å². The summed E-state index contributed by atoms with van der Waals surface area (Å²) in [4.78, 5) is 16.5.